The molecule has 0 amide bonds. The average molecular weight is 583 g/mol. The molecule has 0 saturated heterocycles. The molecule has 0 aliphatic carbocycles. The number of nitrogens with one attached hydrogen (secondary N) is 3. The molecule has 208 valence electrons. The van der Waals surface area contributed by atoms with Gasteiger partial charge < -0.3 is 20.1 Å². The van der Waals surface area contributed by atoms with Gasteiger partial charge in [0.05, 0.1) is 17.3 Å². The molecule has 0 spiro atoms. The topological polar surface area (TPSA) is 117 Å². The number of hydrogen-bond acceptors (Lipinski definition) is 8. The van der Waals surface area contributed by atoms with Crippen LogP contribution in [0, 0.1) is 5.82 Å². The molecule has 0 unspecified atom stereocenters. The molecule has 2 aromatic heterocycles. The molecule has 40 heavy (non-hydrogen) atoms. The highest BCUT2D eigenvalue weighted by atomic mass is 35.5. The van der Waals surface area contributed by atoms with Gasteiger partial charge >= 0.3 is 0 Å². The Morgan fingerprint density at radius 1 is 0.975 bits per heavy atom. The molecule has 10 nitrogen and oxygen atoms in total. The van der Waals surface area contributed by atoms with E-state index in [1.165, 1.54) is 6.07 Å². The zero-order valence-electron chi connectivity index (χ0n) is 22.0. The molecule has 13 heteroatoms. The van der Waals surface area contributed by atoms with E-state index in [9.17, 15) is 12.8 Å². The highest BCUT2D eigenvalue weighted by Gasteiger charge is 2.13. The quantitative estimate of drug-likeness (QED) is 0.211. The van der Waals surface area contributed by atoms with Crippen LogP contribution in [0.15, 0.2) is 79.0 Å². The summed E-state index contributed by atoms with van der Waals surface area (Å²) in [6.45, 7) is 0.324. The fourth-order valence-electron chi connectivity index (χ4n) is 4.06. The first kappa shape index (κ1) is 28.6. The van der Waals surface area contributed by atoms with Gasteiger partial charge in [0.25, 0.3) is 0 Å². The second kappa shape index (κ2) is 11.8. The van der Waals surface area contributed by atoms with Gasteiger partial charge in [-0.1, -0.05) is 18.2 Å². The van der Waals surface area contributed by atoms with Gasteiger partial charge in [-0.15, -0.1) is 12.4 Å². The predicted molar refractivity (Wildman–Crippen MR) is 160 cm³/mol. The van der Waals surface area contributed by atoms with Crippen molar-refractivity contribution in [3.8, 4) is 0 Å². The van der Waals surface area contributed by atoms with E-state index in [2.05, 4.69) is 25.3 Å². The third-order valence-corrected chi connectivity index (χ3v) is 6.68. The Kier molecular flexibility index (Phi) is 8.40. The molecule has 0 aliphatic rings. The van der Waals surface area contributed by atoms with Crippen LogP contribution in [0.5, 0.6) is 0 Å². The van der Waals surface area contributed by atoms with Crippen LogP contribution in [-0.2, 0) is 23.6 Å². The van der Waals surface area contributed by atoms with E-state index in [0.29, 0.717) is 41.2 Å². The zero-order chi connectivity index (χ0) is 27.6. The first-order valence-corrected chi connectivity index (χ1v) is 13.9. The number of benzene rings is 3. The smallest absolute Gasteiger partial charge is 0.229 e. The lowest BCUT2D eigenvalue weighted by Gasteiger charge is -2.19. The van der Waals surface area contributed by atoms with Crippen LogP contribution in [0.4, 0.5) is 39.2 Å². The summed E-state index contributed by atoms with van der Waals surface area (Å²) in [4.78, 5) is 15.6. The largest absolute Gasteiger partial charge is 0.351 e. The van der Waals surface area contributed by atoms with E-state index >= 15 is 0 Å². The number of aryl methyl sites for hydroxylation is 1. The number of nitrogens with zero attached hydrogens (tertiary/aromatic N) is 5. The van der Waals surface area contributed by atoms with Gasteiger partial charge in [0.2, 0.25) is 21.9 Å². The van der Waals surface area contributed by atoms with Crippen molar-refractivity contribution in [3.05, 3.63) is 90.4 Å². The molecule has 0 fully saturated rings. The second-order valence-corrected chi connectivity index (χ2v) is 10.7. The number of sulfonamides is 1. The lowest BCUT2D eigenvalue weighted by Crippen LogP contribution is -2.12. The van der Waals surface area contributed by atoms with Gasteiger partial charge in [-0.3, -0.25) is 4.72 Å². The normalized spacial score (nSPS) is 11.1. The van der Waals surface area contributed by atoms with Crippen molar-refractivity contribution in [3.63, 3.8) is 0 Å². The maximum absolute atomic E-state index is 14.0. The SMILES string of the molecule is CN(c1ccc2c(c1)nc(NCc1ccccc1F)n2C)c1ccnc(Nc2ccc(NS(C)(=O)=O)cc2)n1.Cl. The van der Waals surface area contributed by atoms with Gasteiger partial charge in [0.1, 0.15) is 11.6 Å². The molecule has 2 heterocycles. The Bertz CT molecular complexity index is 1750. The highest BCUT2D eigenvalue weighted by Crippen LogP contribution is 2.28. The monoisotopic (exact) mass is 582 g/mol. The predicted octanol–water partition coefficient (Wildman–Crippen LogP) is 5.42. The van der Waals surface area contributed by atoms with Gasteiger partial charge in [0.15, 0.2) is 0 Å². The van der Waals surface area contributed by atoms with Gasteiger partial charge in [0, 0.05) is 49.5 Å². The van der Waals surface area contributed by atoms with Crippen LogP contribution >= 0.6 is 12.4 Å². The Morgan fingerprint density at radius 3 is 2.42 bits per heavy atom. The minimum atomic E-state index is -3.35. The first-order chi connectivity index (χ1) is 18.7. The fourth-order valence-corrected chi connectivity index (χ4v) is 4.63. The molecule has 5 rings (SSSR count). The Balaban J connectivity index is 0.00000370. The number of aromatic nitrogens is 4. The molecular weight excluding hydrogens is 555 g/mol. The Hall–Kier alpha value is -4.42. The van der Waals surface area contributed by atoms with Crippen LogP contribution in [0.1, 0.15) is 5.56 Å². The zero-order valence-corrected chi connectivity index (χ0v) is 23.6. The molecule has 0 bridgehead atoms. The number of hydrogen-bond donors (Lipinski definition) is 3. The van der Waals surface area contributed by atoms with Crippen molar-refractivity contribution >= 4 is 68.2 Å². The van der Waals surface area contributed by atoms with Crippen molar-refractivity contribution in [1.29, 1.82) is 0 Å². The fraction of sp³-hybridized carbons (Fsp3) is 0.148. The van der Waals surface area contributed by atoms with Crippen molar-refractivity contribution in [2.75, 3.05) is 33.6 Å². The summed E-state index contributed by atoms with van der Waals surface area (Å²) in [5, 5.41) is 6.36. The summed E-state index contributed by atoms with van der Waals surface area (Å²) in [7, 11) is 0.468. The standard InChI is InChI=1S/C27H27FN8O2S.ClH/c1-35(25-14-15-29-26(33-25)31-19-8-10-20(11-9-19)34-39(3,37)38)21-12-13-24-23(16-21)32-27(36(24)2)30-17-18-6-4-5-7-22(18)28;/h4-16,34H,17H2,1-3H3,(H,30,32)(H,29,31,33);1H. The van der Waals surface area contributed by atoms with Gasteiger partial charge in [-0.05, 0) is 54.6 Å². The molecule has 0 saturated carbocycles. The maximum atomic E-state index is 14.0. The lowest BCUT2D eigenvalue weighted by atomic mass is 10.2. The number of halogens is 2. The van der Waals surface area contributed by atoms with Gasteiger partial charge in [-0.2, -0.15) is 4.98 Å². The van der Waals surface area contributed by atoms with E-state index in [1.54, 1.807) is 54.7 Å². The number of imidazole rings is 1. The van der Waals surface area contributed by atoms with Gasteiger partial charge in [-0.25, -0.2) is 22.8 Å². The molecule has 3 N–H and O–H groups in total. The Labute approximate surface area is 237 Å². The maximum Gasteiger partial charge on any atom is 0.229 e. The van der Waals surface area contributed by atoms with Crippen LogP contribution in [0.3, 0.4) is 0 Å². The molecule has 0 aliphatic heterocycles. The van der Waals surface area contributed by atoms with Crippen LogP contribution in [-0.4, -0.2) is 41.2 Å². The third-order valence-electron chi connectivity index (χ3n) is 6.08. The molecule has 3 aromatic carbocycles. The van der Waals surface area contributed by atoms with E-state index in [-0.39, 0.29) is 18.2 Å². The highest BCUT2D eigenvalue weighted by molar-refractivity contribution is 7.92. The number of fused-ring (bicyclic) bond motifs is 1. The number of rotatable bonds is 9. The molecule has 0 atom stereocenters. The van der Waals surface area contributed by atoms with Crippen molar-refractivity contribution in [1.82, 2.24) is 19.5 Å². The van der Waals surface area contributed by atoms with Crippen LogP contribution in [0.25, 0.3) is 11.0 Å². The van der Waals surface area contributed by atoms with Crippen molar-refractivity contribution in [2.24, 2.45) is 7.05 Å². The van der Waals surface area contributed by atoms with Crippen molar-refractivity contribution < 1.29 is 12.8 Å². The summed E-state index contributed by atoms with van der Waals surface area (Å²) < 4.78 is 41.2. The van der Waals surface area contributed by atoms with Crippen LogP contribution in [0.2, 0.25) is 0 Å². The van der Waals surface area contributed by atoms with E-state index in [4.69, 9.17) is 4.98 Å². The summed E-state index contributed by atoms with van der Waals surface area (Å²) in [5.41, 5.74) is 4.34. The van der Waals surface area contributed by atoms with E-state index < -0.39 is 10.0 Å². The van der Waals surface area contributed by atoms with E-state index in [0.717, 1.165) is 23.0 Å². The minimum Gasteiger partial charge on any atom is -0.351 e. The molecular formula is C27H28ClFN8O2S. The van der Waals surface area contributed by atoms with Crippen molar-refractivity contribution in [2.45, 2.75) is 6.54 Å². The summed E-state index contributed by atoms with van der Waals surface area (Å²) in [6, 6.07) is 21.2. The molecule has 5 aromatic rings. The lowest BCUT2D eigenvalue weighted by molar-refractivity contribution is 0.606. The van der Waals surface area contributed by atoms with Crippen LogP contribution < -0.4 is 20.3 Å². The van der Waals surface area contributed by atoms with E-state index in [1.807, 2.05) is 41.8 Å². The third kappa shape index (κ3) is 6.58. The summed E-state index contributed by atoms with van der Waals surface area (Å²) in [6.07, 6.45) is 2.76. The Morgan fingerprint density at radius 2 is 1.70 bits per heavy atom. The molecule has 0 radical (unpaired) electrons. The second-order valence-electron chi connectivity index (χ2n) is 8.99. The summed E-state index contributed by atoms with van der Waals surface area (Å²) >= 11 is 0. The minimum absolute atomic E-state index is 0. The first-order valence-electron chi connectivity index (χ1n) is 12.0. The average Bonchev–Trinajstić information content (AvgIpc) is 3.23. The number of anilines is 6. The summed E-state index contributed by atoms with van der Waals surface area (Å²) in [5.74, 6) is 1.43.